The van der Waals surface area contributed by atoms with Crippen LogP contribution in [-0.2, 0) is 0 Å². The molecular weight excluding hydrogens is 236 g/mol. The number of aryl methyl sites for hydroxylation is 2. The van der Waals surface area contributed by atoms with Crippen LogP contribution >= 0.6 is 0 Å². The first kappa shape index (κ1) is 14.9. The van der Waals surface area contributed by atoms with Crippen LogP contribution in [0, 0.1) is 13.8 Å². The topological polar surface area (TPSA) is 56.0 Å². The van der Waals surface area contributed by atoms with Gasteiger partial charge in [-0.2, -0.15) is 0 Å². The summed E-state index contributed by atoms with van der Waals surface area (Å²) in [6, 6.07) is 9.35. The van der Waals surface area contributed by atoms with Crippen molar-refractivity contribution in [1.29, 1.82) is 0 Å². The molecule has 0 unspecified atom stereocenters. The van der Waals surface area contributed by atoms with Crippen molar-refractivity contribution in [1.82, 2.24) is 4.98 Å². The summed E-state index contributed by atoms with van der Waals surface area (Å²) in [5, 5.41) is 0. The average Bonchev–Trinajstić information content (AvgIpc) is 2.44. The van der Waals surface area contributed by atoms with Crippen molar-refractivity contribution < 1.29 is 4.79 Å². The van der Waals surface area contributed by atoms with E-state index in [-0.39, 0.29) is 0 Å². The summed E-state index contributed by atoms with van der Waals surface area (Å²) < 4.78 is 0. The molecule has 0 aliphatic heterocycles. The number of nitrogens with two attached hydrogens (primary N) is 1. The number of carbonyl (C=O) groups is 1. The molecule has 3 nitrogen and oxygen atoms in total. The normalized spacial score (nSPS) is 9.47. The molecule has 2 aromatic rings. The zero-order valence-corrected chi connectivity index (χ0v) is 11.9. The van der Waals surface area contributed by atoms with Gasteiger partial charge in [0.25, 0.3) is 0 Å². The molecule has 3 heteroatoms. The number of rotatable bonds is 2. The Balaban J connectivity index is 0.000000861. The Labute approximate surface area is 114 Å². The number of primary amides is 1. The smallest absolute Gasteiger partial charge is 0.248 e. The fourth-order valence-corrected chi connectivity index (χ4v) is 1.77. The molecular formula is C16H20N2O. The number of amides is 1. The van der Waals surface area contributed by atoms with Crippen molar-refractivity contribution in [3.63, 3.8) is 0 Å². The highest BCUT2D eigenvalue weighted by atomic mass is 16.1. The third kappa shape index (κ3) is 3.65. The Morgan fingerprint density at radius 2 is 1.84 bits per heavy atom. The molecule has 0 aliphatic rings. The molecule has 1 aromatic carbocycles. The van der Waals surface area contributed by atoms with E-state index in [1.165, 1.54) is 0 Å². The van der Waals surface area contributed by atoms with Crippen LogP contribution in [0.15, 0.2) is 36.5 Å². The molecule has 1 amide bonds. The lowest BCUT2D eigenvalue weighted by Gasteiger charge is -2.07. The van der Waals surface area contributed by atoms with Gasteiger partial charge < -0.3 is 5.73 Å². The molecule has 1 aromatic heterocycles. The lowest BCUT2D eigenvalue weighted by Crippen LogP contribution is -2.10. The van der Waals surface area contributed by atoms with Gasteiger partial charge in [-0.05, 0) is 43.2 Å². The van der Waals surface area contributed by atoms with E-state index in [0.717, 1.165) is 22.4 Å². The Bertz CT molecular complexity index is 577. The first-order chi connectivity index (χ1) is 9.08. The van der Waals surface area contributed by atoms with E-state index in [1.807, 2.05) is 46.0 Å². The van der Waals surface area contributed by atoms with Gasteiger partial charge in [-0.3, -0.25) is 9.78 Å². The molecule has 2 rings (SSSR count). The fraction of sp³-hybridized carbons (Fsp3) is 0.250. The van der Waals surface area contributed by atoms with Crippen molar-refractivity contribution in [3.8, 4) is 11.1 Å². The highest BCUT2D eigenvalue weighted by Gasteiger charge is 2.06. The van der Waals surface area contributed by atoms with E-state index in [2.05, 4.69) is 11.1 Å². The first-order valence-corrected chi connectivity index (χ1v) is 6.41. The Morgan fingerprint density at radius 3 is 2.47 bits per heavy atom. The SMILES string of the molecule is CC.Cc1cnc(C)c(-c2cccc(C(N)=O)c2)c1. The fourth-order valence-electron chi connectivity index (χ4n) is 1.77. The zero-order valence-electron chi connectivity index (χ0n) is 11.9. The second-order valence-electron chi connectivity index (χ2n) is 4.09. The molecule has 19 heavy (non-hydrogen) atoms. The first-order valence-electron chi connectivity index (χ1n) is 6.41. The van der Waals surface area contributed by atoms with Gasteiger partial charge in [-0.1, -0.05) is 26.0 Å². The van der Waals surface area contributed by atoms with Gasteiger partial charge in [0, 0.05) is 23.0 Å². The van der Waals surface area contributed by atoms with Crippen molar-refractivity contribution in [3.05, 3.63) is 53.3 Å². The standard InChI is InChI=1S/C14H14N2O.C2H6/c1-9-6-13(10(2)16-8-9)11-4-3-5-12(7-11)14(15)17;1-2/h3-8H,1-2H3,(H2,15,17);1-2H3. The minimum absolute atomic E-state index is 0.412. The number of benzene rings is 1. The minimum Gasteiger partial charge on any atom is -0.366 e. The van der Waals surface area contributed by atoms with Crippen LogP contribution in [0.2, 0.25) is 0 Å². The maximum absolute atomic E-state index is 11.1. The lowest BCUT2D eigenvalue weighted by molar-refractivity contribution is 0.100. The van der Waals surface area contributed by atoms with Crippen molar-refractivity contribution in [2.24, 2.45) is 5.73 Å². The summed E-state index contributed by atoms with van der Waals surface area (Å²) in [6.07, 6.45) is 1.83. The van der Waals surface area contributed by atoms with Gasteiger partial charge in [0.1, 0.15) is 0 Å². The van der Waals surface area contributed by atoms with Crippen molar-refractivity contribution in [2.45, 2.75) is 27.7 Å². The summed E-state index contributed by atoms with van der Waals surface area (Å²) in [4.78, 5) is 15.5. The largest absolute Gasteiger partial charge is 0.366 e. The molecule has 0 atom stereocenters. The third-order valence-corrected chi connectivity index (χ3v) is 2.68. The van der Waals surface area contributed by atoms with E-state index < -0.39 is 5.91 Å². The second-order valence-corrected chi connectivity index (χ2v) is 4.09. The number of nitrogens with zero attached hydrogens (tertiary/aromatic N) is 1. The Morgan fingerprint density at radius 1 is 1.16 bits per heavy atom. The minimum atomic E-state index is -0.412. The third-order valence-electron chi connectivity index (χ3n) is 2.68. The molecule has 0 spiro atoms. The zero-order chi connectivity index (χ0) is 14.4. The van der Waals surface area contributed by atoms with E-state index in [1.54, 1.807) is 12.1 Å². The van der Waals surface area contributed by atoms with Crippen LogP contribution in [0.5, 0.6) is 0 Å². The van der Waals surface area contributed by atoms with Crippen molar-refractivity contribution >= 4 is 5.91 Å². The number of aromatic nitrogens is 1. The van der Waals surface area contributed by atoms with Crippen LogP contribution < -0.4 is 5.73 Å². The van der Waals surface area contributed by atoms with Gasteiger partial charge in [0.15, 0.2) is 0 Å². The molecule has 0 radical (unpaired) electrons. The molecule has 0 bridgehead atoms. The average molecular weight is 256 g/mol. The molecule has 0 fully saturated rings. The maximum Gasteiger partial charge on any atom is 0.248 e. The Kier molecular flexibility index (Phi) is 5.24. The quantitative estimate of drug-likeness (QED) is 0.894. The highest BCUT2D eigenvalue weighted by molar-refractivity contribution is 5.94. The van der Waals surface area contributed by atoms with Gasteiger partial charge in [0.05, 0.1) is 0 Å². The van der Waals surface area contributed by atoms with Gasteiger partial charge in [0.2, 0.25) is 5.91 Å². The van der Waals surface area contributed by atoms with E-state index >= 15 is 0 Å². The summed E-state index contributed by atoms with van der Waals surface area (Å²) >= 11 is 0. The second kappa shape index (κ2) is 6.69. The van der Waals surface area contributed by atoms with Gasteiger partial charge >= 0.3 is 0 Å². The van der Waals surface area contributed by atoms with E-state index in [4.69, 9.17) is 5.73 Å². The summed E-state index contributed by atoms with van der Waals surface area (Å²) in [5.74, 6) is -0.412. The molecule has 100 valence electrons. The number of hydrogen-bond acceptors (Lipinski definition) is 2. The predicted octanol–water partition coefficient (Wildman–Crippen LogP) is 3.49. The summed E-state index contributed by atoms with van der Waals surface area (Å²) in [6.45, 7) is 7.94. The van der Waals surface area contributed by atoms with Crippen LogP contribution in [0.4, 0.5) is 0 Å². The number of carbonyl (C=O) groups excluding carboxylic acids is 1. The molecule has 0 saturated heterocycles. The van der Waals surface area contributed by atoms with Gasteiger partial charge in [-0.15, -0.1) is 0 Å². The van der Waals surface area contributed by atoms with Crippen LogP contribution in [0.25, 0.3) is 11.1 Å². The molecule has 0 saturated carbocycles. The highest BCUT2D eigenvalue weighted by Crippen LogP contribution is 2.23. The predicted molar refractivity (Wildman–Crippen MR) is 79.0 cm³/mol. The number of hydrogen-bond donors (Lipinski definition) is 1. The van der Waals surface area contributed by atoms with Crippen molar-refractivity contribution in [2.75, 3.05) is 0 Å². The number of pyridine rings is 1. The van der Waals surface area contributed by atoms with Gasteiger partial charge in [-0.25, -0.2) is 0 Å². The van der Waals surface area contributed by atoms with Crippen LogP contribution in [-0.4, -0.2) is 10.9 Å². The summed E-state index contributed by atoms with van der Waals surface area (Å²) in [7, 11) is 0. The maximum atomic E-state index is 11.1. The molecule has 1 heterocycles. The monoisotopic (exact) mass is 256 g/mol. The van der Waals surface area contributed by atoms with Crippen LogP contribution in [0.3, 0.4) is 0 Å². The van der Waals surface area contributed by atoms with E-state index in [9.17, 15) is 4.79 Å². The summed E-state index contributed by atoms with van der Waals surface area (Å²) in [5.41, 5.74) is 9.83. The van der Waals surface area contributed by atoms with E-state index in [0.29, 0.717) is 5.56 Å². The Hall–Kier alpha value is -2.16. The molecule has 0 aliphatic carbocycles. The lowest BCUT2D eigenvalue weighted by atomic mass is 10.0. The molecule has 2 N–H and O–H groups in total. The van der Waals surface area contributed by atoms with Crippen LogP contribution in [0.1, 0.15) is 35.5 Å².